The Bertz CT molecular complexity index is 1850. The first-order valence-electron chi connectivity index (χ1n) is 16.4. The number of nitrogens with zero attached hydrogens (tertiary/aromatic N) is 4. The van der Waals surface area contributed by atoms with Crippen LogP contribution in [0.4, 0.5) is 0 Å². The van der Waals surface area contributed by atoms with E-state index >= 15 is 0 Å². The molecule has 6 rings (SSSR count). The Hall–Kier alpha value is -4.04. The van der Waals surface area contributed by atoms with E-state index in [4.69, 9.17) is 24.7 Å². The number of carbonyl (C=O) groups is 2. The van der Waals surface area contributed by atoms with Crippen LogP contribution in [0.2, 0.25) is 0 Å². The summed E-state index contributed by atoms with van der Waals surface area (Å²) in [5, 5.41) is 11.0. The van der Waals surface area contributed by atoms with Gasteiger partial charge in [0.2, 0.25) is 0 Å². The first-order chi connectivity index (χ1) is 21.7. The second kappa shape index (κ2) is 11.3. The van der Waals surface area contributed by atoms with Crippen molar-refractivity contribution in [2.75, 3.05) is 7.11 Å². The van der Waals surface area contributed by atoms with E-state index < -0.39 is 6.10 Å². The lowest BCUT2D eigenvalue weighted by Gasteiger charge is -2.22. The molecule has 46 heavy (non-hydrogen) atoms. The number of hydrogen-bond donors (Lipinski definition) is 1. The van der Waals surface area contributed by atoms with E-state index in [1.165, 1.54) is 7.11 Å². The molecule has 0 aromatic carbocycles. The zero-order valence-electron chi connectivity index (χ0n) is 28.7. The van der Waals surface area contributed by atoms with Crippen molar-refractivity contribution in [3.8, 4) is 0 Å². The van der Waals surface area contributed by atoms with Crippen LogP contribution in [0.3, 0.4) is 0 Å². The van der Waals surface area contributed by atoms with Crippen molar-refractivity contribution >= 4 is 34.6 Å². The van der Waals surface area contributed by atoms with Crippen LogP contribution in [-0.4, -0.2) is 52.9 Å². The zero-order valence-corrected chi connectivity index (χ0v) is 28.7. The third kappa shape index (κ3) is 4.93. The van der Waals surface area contributed by atoms with E-state index in [-0.39, 0.29) is 41.8 Å². The molecule has 1 saturated carbocycles. The van der Waals surface area contributed by atoms with Crippen LogP contribution in [0.1, 0.15) is 88.0 Å². The predicted molar refractivity (Wildman–Crippen MR) is 183 cm³/mol. The summed E-state index contributed by atoms with van der Waals surface area (Å²) in [6.07, 6.45) is 4.97. The van der Waals surface area contributed by atoms with E-state index in [2.05, 4.69) is 41.5 Å². The lowest BCUT2D eigenvalue weighted by atomic mass is 9.81. The number of aliphatic hydroxyl groups is 1. The standard InChI is InChI=1S/C38H44N4O4/c1-11-22-26-16-28-33(38(7,8)9)18(3)25(39-28)15-27-31(21(6)43)19(4)35(41-27)20(5)34-17(2)23(12-13-30(45)46-10)36(42-34)24-14-29(44)32(22)37(24)40-26/h15-17,21,23,43H,11-14H2,1-10H3. The van der Waals surface area contributed by atoms with Gasteiger partial charge in [-0.05, 0) is 86.0 Å². The second-order valence-corrected chi connectivity index (χ2v) is 14.1. The summed E-state index contributed by atoms with van der Waals surface area (Å²) in [6.45, 7) is 18.6. The minimum absolute atomic E-state index is 0.0392. The average Bonchev–Trinajstić information content (AvgIpc) is 3.75. The van der Waals surface area contributed by atoms with Gasteiger partial charge in [-0.1, -0.05) is 34.6 Å². The number of ether oxygens (including phenoxy) is 1. The number of aliphatic hydroxyl groups excluding tert-OH is 1. The molecule has 0 radical (unpaired) electrons. The number of carbonyl (C=O) groups excluding carboxylic acids is 2. The molecule has 8 heteroatoms. The van der Waals surface area contributed by atoms with Gasteiger partial charge in [0.1, 0.15) is 0 Å². The summed E-state index contributed by atoms with van der Waals surface area (Å²) in [7, 11) is 1.40. The van der Waals surface area contributed by atoms with Gasteiger partial charge in [-0.25, -0.2) is 15.0 Å². The minimum atomic E-state index is -0.735. The van der Waals surface area contributed by atoms with Crippen LogP contribution in [0.5, 0.6) is 0 Å². The van der Waals surface area contributed by atoms with E-state index in [0.717, 1.165) is 73.2 Å². The van der Waals surface area contributed by atoms with Crippen LogP contribution in [0.15, 0.2) is 99.5 Å². The number of methoxy groups -OCH3 is 1. The maximum atomic E-state index is 13.7. The zero-order chi connectivity index (χ0) is 33.4. The minimum Gasteiger partial charge on any atom is -0.469 e. The van der Waals surface area contributed by atoms with Gasteiger partial charge in [0.25, 0.3) is 0 Å². The van der Waals surface area contributed by atoms with Crippen LogP contribution in [-0.2, 0) is 14.3 Å². The summed E-state index contributed by atoms with van der Waals surface area (Å²) < 4.78 is 5.00. The monoisotopic (exact) mass is 620 g/mol. The molecule has 5 heterocycles. The Kier molecular flexibility index (Phi) is 7.87. The van der Waals surface area contributed by atoms with Gasteiger partial charge in [-0.15, -0.1) is 0 Å². The Morgan fingerprint density at radius 3 is 2.35 bits per heavy atom. The maximum Gasteiger partial charge on any atom is 0.305 e. The Morgan fingerprint density at radius 1 is 1.02 bits per heavy atom. The first kappa shape index (κ1) is 31.9. The molecule has 3 unspecified atom stereocenters. The fourth-order valence-corrected chi connectivity index (χ4v) is 8.02. The molecule has 6 aliphatic rings. The molecule has 0 aromatic rings. The van der Waals surface area contributed by atoms with Crippen LogP contribution in [0.25, 0.3) is 0 Å². The number of Topliss-reactive ketones (excluding diaryl/α,β-unsaturated/α-hetero) is 1. The van der Waals surface area contributed by atoms with Gasteiger partial charge in [-0.3, -0.25) is 14.6 Å². The van der Waals surface area contributed by atoms with E-state index in [1.54, 1.807) is 6.92 Å². The summed E-state index contributed by atoms with van der Waals surface area (Å²) in [6, 6.07) is 0. The maximum absolute atomic E-state index is 13.7. The van der Waals surface area contributed by atoms with Crippen molar-refractivity contribution in [1.82, 2.24) is 0 Å². The van der Waals surface area contributed by atoms with Gasteiger partial charge in [-0.2, -0.15) is 0 Å². The van der Waals surface area contributed by atoms with Gasteiger partial charge in [0.15, 0.2) is 5.78 Å². The molecule has 0 saturated heterocycles. The number of hydrogen-bond acceptors (Lipinski definition) is 8. The molecule has 8 bridgehead atoms. The highest BCUT2D eigenvalue weighted by Gasteiger charge is 2.44. The van der Waals surface area contributed by atoms with Crippen LogP contribution >= 0.6 is 0 Å². The van der Waals surface area contributed by atoms with E-state index in [0.29, 0.717) is 29.8 Å². The Morgan fingerprint density at radius 2 is 1.72 bits per heavy atom. The smallest absolute Gasteiger partial charge is 0.305 e. The Labute approximate surface area is 271 Å². The summed E-state index contributed by atoms with van der Waals surface area (Å²) in [5.41, 5.74) is 13.3. The number of aliphatic imine (C=N–C) groups is 4. The molecular formula is C38H44N4O4. The number of fused-ring (bicyclic) bond motifs is 4. The van der Waals surface area contributed by atoms with Crippen molar-refractivity contribution in [1.29, 1.82) is 0 Å². The molecule has 1 N–H and O–H groups in total. The summed E-state index contributed by atoms with van der Waals surface area (Å²) in [5.74, 6) is -0.356. The highest BCUT2D eigenvalue weighted by molar-refractivity contribution is 6.38. The molecule has 1 aliphatic carbocycles. The fraction of sp³-hybridized carbons (Fsp3) is 0.474. The third-order valence-electron chi connectivity index (χ3n) is 10.1. The second-order valence-electron chi connectivity index (χ2n) is 14.1. The van der Waals surface area contributed by atoms with Crippen molar-refractivity contribution in [2.24, 2.45) is 37.2 Å². The molecule has 3 atom stereocenters. The molecule has 0 spiro atoms. The van der Waals surface area contributed by atoms with Gasteiger partial charge >= 0.3 is 5.97 Å². The molecule has 8 nitrogen and oxygen atoms in total. The fourth-order valence-electron chi connectivity index (χ4n) is 8.02. The normalized spacial score (nSPS) is 25.0. The van der Waals surface area contributed by atoms with Crippen LogP contribution in [0, 0.1) is 17.3 Å². The largest absolute Gasteiger partial charge is 0.469 e. The Balaban J connectivity index is 1.68. The van der Waals surface area contributed by atoms with Gasteiger partial charge < -0.3 is 9.84 Å². The number of esters is 1. The molecular weight excluding hydrogens is 576 g/mol. The van der Waals surface area contributed by atoms with E-state index in [9.17, 15) is 14.7 Å². The average molecular weight is 621 g/mol. The summed E-state index contributed by atoms with van der Waals surface area (Å²) in [4.78, 5) is 46.8. The van der Waals surface area contributed by atoms with Crippen LogP contribution < -0.4 is 0 Å². The van der Waals surface area contributed by atoms with Crippen molar-refractivity contribution < 1.29 is 19.4 Å². The molecule has 240 valence electrons. The molecule has 0 aromatic heterocycles. The summed E-state index contributed by atoms with van der Waals surface area (Å²) >= 11 is 0. The molecule has 0 amide bonds. The molecule has 5 aliphatic heterocycles. The van der Waals surface area contributed by atoms with Crippen molar-refractivity contribution in [2.45, 2.75) is 94.1 Å². The van der Waals surface area contributed by atoms with Crippen molar-refractivity contribution in [3.63, 3.8) is 0 Å². The lowest BCUT2D eigenvalue weighted by molar-refractivity contribution is -0.140. The number of rotatable bonds is 5. The predicted octanol–water partition coefficient (Wildman–Crippen LogP) is 7.06. The number of ketones is 1. The SMILES string of the molecule is CCC1=C2C(=O)CC3=C4N=C(C(C)=C5N=C(C=C6N=C(C=C1N=C32)C(C(C)(C)C)=C6C)C(C(C)O)=C5C)C(C)C4CCC(=O)OC. The lowest BCUT2D eigenvalue weighted by Crippen LogP contribution is -2.19. The third-order valence-corrected chi connectivity index (χ3v) is 10.1. The van der Waals surface area contributed by atoms with Gasteiger partial charge in [0, 0.05) is 47.1 Å². The topological polar surface area (TPSA) is 113 Å². The molecule has 1 fully saturated rings. The highest BCUT2D eigenvalue weighted by atomic mass is 16.5. The quantitative estimate of drug-likeness (QED) is 0.332. The number of allylic oxidation sites excluding steroid dienone is 10. The van der Waals surface area contributed by atoms with E-state index in [1.807, 2.05) is 26.0 Å². The van der Waals surface area contributed by atoms with Gasteiger partial charge in [0.05, 0.1) is 53.1 Å². The highest BCUT2D eigenvalue weighted by Crippen LogP contribution is 2.47. The first-order valence-corrected chi connectivity index (χ1v) is 16.4. The van der Waals surface area contributed by atoms with Crippen molar-refractivity contribution in [3.05, 3.63) is 79.5 Å².